The molecule has 3 N–H and O–H groups in total. The van der Waals surface area contributed by atoms with E-state index in [4.69, 9.17) is 16.3 Å². The highest BCUT2D eigenvalue weighted by atomic mass is 35.5. The summed E-state index contributed by atoms with van der Waals surface area (Å²) in [6.07, 6.45) is 0.994. The fraction of sp³-hybridized carbons (Fsp3) is 0.464. The van der Waals surface area contributed by atoms with Crippen LogP contribution in [0.4, 0.5) is 11.4 Å². The molecule has 0 radical (unpaired) electrons. The second-order valence-electron chi connectivity index (χ2n) is 10.8. The molecule has 0 aromatic heterocycles. The lowest BCUT2D eigenvalue weighted by Gasteiger charge is -2.38. The first-order valence-corrected chi connectivity index (χ1v) is 13.0. The molecule has 3 saturated heterocycles. The summed E-state index contributed by atoms with van der Waals surface area (Å²) in [7, 11) is 0. The number of nitrogens with one attached hydrogen (secondary N) is 2. The number of likely N-dealkylation sites (tertiary alicyclic amines) is 1. The standard InChI is InChI=1S/C28H32ClN3O5/c1-16(2)20(15-33)32-23(25(35)31-19-11-9-17(29)10-12-19)28-14-13-27(3,37-28)21(22(28)26(32)36)24(34)30-18-7-5-4-6-8-18/h4-12,16,20-23,33H,13-15H2,1-3H3,(H,30,34)(H,31,35)/t20-,21-,22-,23?,27+,28?/m0/s1. The lowest BCUT2D eigenvalue weighted by Crippen LogP contribution is -2.57. The van der Waals surface area contributed by atoms with Crippen LogP contribution in [0.25, 0.3) is 0 Å². The average molecular weight is 526 g/mol. The SMILES string of the molecule is CC(C)[C@H](CO)N1C(=O)[C@@H]2[C@@H](C(=O)Nc3ccccc3)[C@@]3(C)CCC2(O3)C1C(=O)Nc1ccc(Cl)cc1. The van der Waals surface area contributed by atoms with Gasteiger partial charge in [-0.1, -0.05) is 43.6 Å². The molecular formula is C28H32ClN3O5. The Balaban J connectivity index is 1.54. The van der Waals surface area contributed by atoms with Gasteiger partial charge in [-0.25, -0.2) is 0 Å². The highest BCUT2D eigenvalue weighted by Gasteiger charge is 2.78. The zero-order valence-electron chi connectivity index (χ0n) is 21.1. The summed E-state index contributed by atoms with van der Waals surface area (Å²) in [5, 5.41) is 16.7. The molecule has 3 amide bonds. The molecule has 5 rings (SSSR count). The molecule has 9 heteroatoms. The van der Waals surface area contributed by atoms with Crippen LogP contribution in [0.2, 0.25) is 5.02 Å². The number of para-hydroxylation sites is 1. The van der Waals surface area contributed by atoms with E-state index in [2.05, 4.69) is 10.6 Å². The summed E-state index contributed by atoms with van der Waals surface area (Å²) in [5.74, 6) is -2.80. The number of aliphatic hydroxyl groups excluding tert-OH is 1. The van der Waals surface area contributed by atoms with Crippen LogP contribution in [-0.4, -0.2) is 57.6 Å². The van der Waals surface area contributed by atoms with Gasteiger partial charge in [0.05, 0.1) is 30.1 Å². The molecule has 3 heterocycles. The van der Waals surface area contributed by atoms with Crippen LogP contribution in [0.1, 0.15) is 33.6 Å². The van der Waals surface area contributed by atoms with Crippen molar-refractivity contribution in [3.05, 3.63) is 59.6 Å². The third-order valence-corrected chi connectivity index (χ3v) is 8.46. The molecule has 3 aliphatic rings. The van der Waals surface area contributed by atoms with Crippen molar-refractivity contribution in [2.75, 3.05) is 17.2 Å². The van der Waals surface area contributed by atoms with E-state index in [1.807, 2.05) is 39.0 Å². The number of halogens is 1. The van der Waals surface area contributed by atoms with E-state index < -0.39 is 41.0 Å². The fourth-order valence-electron chi connectivity index (χ4n) is 6.53. The predicted octanol–water partition coefficient (Wildman–Crippen LogP) is 3.70. The highest BCUT2D eigenvalue weighted by Crippen LogP contribution is 2.63. The van der Waals surface area contributed by atoms with Crippen LogP contribution in [0.15, 0.2) is 54.6 Å². The maximum absolute atomic E-state index is 14.2. The molecular weight excluding hydrogens is 494 g/mol. The van der Waals surface area contributed by atoms with Crippen LogP contribution in [0.5, 0.6) is 0 Å². The Labute approximate surface area is 221 Å². The first-order valence-electron chi connectivity index (χ1n) is 12.7. The summed E-state index contributed by atoms with van der Waals surface area (Å²) in [6, 6.07) is 14.2. The van der Waals surface area contributed by atoms with Crippen molar-refractivity contribution in [1.29, 1.82) is 0 Å². The van der Waals surface area contributed by atoms with Crippen LogP contribution in [-0.2, 0) is 19.1 Å². The first kappa shape index (κ1) is 25.7. The Morgan fingerprint density at radius 2 is 1.68 bits per heavy atom. The van der Waals surface area contributed by atoms with Gasteiger partial charge in [-0.2, -0.15) is 0 Å². The Morgan fingerprint density at radius 3 is 2.30 bits per heavy atom. The number of amides is 3. The van der Waals surface area contributed by atoms with Gasteiger partial charge in [-0.05, 0) is 62.1 Å². The minimum absolute atomic E-state index is 0.126. The molecule has 1 spiro atoms. The molecule has 6 atom stereocenters. The maximum atomic E-state index is 14.2. The second-order valence-corrected chi connectivity index (χ2v) is 11.3. The number of rotatable bonds is 7. The number of nitrogens with zero attached hydrogens (tertiary/aromatic N) is 1. The number of ether oxygens (including phenoxy) is 1. The van der Waals surface area contributed by atoms with Crippen LogP contribution >= 0.6 is 11.6 Å². The number of anilines is 2. The summed E-state index contributed by atoms with van der Waals surface area (Å²) >= 11 is 6.00. The van der Waals surface area contributed by atoms with E-state index in [9.17, 15) is 19.5 Å². The number of fused-ring (bicyclic) bond motifs is 1. The molecule has 0 aliphatic carbocycles. The van der Waals surface area contributed by atoms with Gasteiger partial charge >= 0.3 is 0 Å². The summed E-state index contributed by atoms with van der Waals surface area (Å²) in [6.45, 7) is 5.34. The average Bonchev–Trinajstić information content (AvgIpc) is 3.42. The largest absolute Gasteiger partial charge is 0.394 e. The van der Waals surface area contributed by atoms with E-state index in [1.165, 1.54) is 4.90 Å². The summed E-state index contributed by atoms with van der Waals surface area (Å²) in [4.78, 5) is 43.2. The van der Waals surface area contributed by atoms with Gasteiger partial charge in [0.2, 0.25) is 17.7 Å². The van der Waals surface area contributed by atoms with Crippen molar-refractivity contribution in [2.24, 2.45) is 17.8 Å². The van der Waals surface area contributed by atoms with Gasteiger partial charge in [0.15, 0.2) is 0 Å². The van der Waals surface area contributed by atoms with Crippen LogP contribution < -0.4 is 10.6 Å². The number of carbonyl (C=O) groups excluding carboxylic acids is 3. The molecule has 8 nitrogen and oxygen atoms in total. The van der Waals surface area contributed by atoms with Gasteiger partial charge in [-0.3, -0.25) is 14.4 Å². The molecule has 2 aromatic carbocycles. The van der Waals surface area contributed by atoms with Gasteiger partial charge in [-0.15, -0.1) is 0 Å². The molecule has 3 aliphatic heterocycles. The number of hydrogen-bond acceptors (Lipinski definition) is 5. The zero-order chi connectivity index (χ0) is 26.5. The van der Waals surface area contributed by atoms with Crippen LogP contribution in [0, 0.1) is 17.8 Å². The number of aliphatic hydroxyl groups is 1. The van der Waals surface area contributed by atoms with E-state index in [0.29, 0.717) is 29.2 Å². The lowest BCUT2D eigenvalue weighted by atomic mass is 9.66. The Bertz CT molecular complexity index is 1210. The van der Waals surface area contributed by atoms with Crippen molar-refractivity contribution in [1.82, 2.24) is 4.90 Å². The molecule has 196 valence electrons. The Morgan fingerprint density at radius 1 is 1.05 bits per heavy atom. The van der Waals surface area contributed by atoms with Crippen molar-refractivity contribution in [2.45, 2.75) is 56.9 Å². The number of carbonyl (C=O) groups is 3. The predicted molar refractivity (Wildman–Crippen MR) is 140 cm³/mol. The van der Waals surface area contributed by atoms with E-state index in [-0.39, 0.29) is 24.3 Å². The molecule has 3 fully saturated rings. The molecule has 2 bridgehead atoms. The zero-order valence-corrected chi connectivity index (χ0v) is 21.9. The third-order valence-electron chi connectivity index (χ3n) is 8.21. The minimum Gasteiger partial charge on any atom is -0.394 e. The molecule has 37 heavy (non-hydrogen) atoms. The number of hydrogen-bond donors (Lipinski definition) is 3. The van der Waals surface area contributed by atoms with E-state index >= 15 is 0 Å². The number of benzene rings is 2. The van der Waals surface area contributed by atoms with Gasteiger partial charge in [0, 0.05) is 16.4 Å². The smallest absolute Gasteiger partial charge is 0.250 e. The van der Waals surface area contributed by atoms with Crippen molar-refractivity contribution < 1.29 is 24.2 Å². The normalized spacial score (nSPS) is 30.9. The second kappa shape index (κ2) is 9.42. The topological polar surface area (TPSA) is 108 Å². The summed E-state index contributed by atoms with van der Waals surface area (Å²) in [5.41, 5.74) is -0.911. The van der Waals surface area contributed by atoms with Gasteiger partial charge in [0.25, 0.3) is 0 Å². The van der Waals surface area contributed by atoms with Gasteiger partial charge < -0.3 is 25.4 Å². The fourth-order valence-corrected chi connectivity index (χ4v) is 6.65. The molecule has 2 aromatic rings. The molecule has 0 saturated carbocycles. The van der Waals surface area contributed by atoms with Crippen molar-refractivity contribution in [3.8, 4) is 0 Å². The van der Waals surface area contributed by atoms with Crippen molar-refractivity contribution >= 4 is 40.7 Å². The molecule has 2 unspecified atom stereocenters. The lowest BCUT2D eigenvalue weighted by molar-refractivity contribution is -0.148. The maximum Gasteiger partial charge on any atom is 0.250 e. The third kappa shape index (κ3) is 4.11. The first-order chi connectivity index (χ1) is 17.6. The Hall–Kier alpha value is -2.94. The van der Waals surface area contributed by atoms with Crippen LogP contribution in [0.3, 0.4) is 0 Å². The quantitative estimate of drug-likeness (QED) is 0.511. The van der Waals surface area contributed by atoms with Crippen molar-refractivity contribution in [3.63, 3.8) is 0 Å². The van der Waals surface area contributed by atoms with Gasteiger partial charge in [0.1, 0.15) is 11.6 Å². The highest BCUT2D eigenvalue weighted by molar-refractivity contribution is 6.30. The minimum atomic E-state index is -1.18. The van der Waals surface area contributed by atoms with E-state index in [1.54, 1.807) is 36.4 Å². The van der Waals surface area contributed by atoms with E-state index in [0.717, 1.165) is 0 Å². The monoisotopic (exact) mass is 525 g/mol. The summed E-state index contributed by atoms with van der Waals surface area (Å²) < 4.78 is 6.62. The Kier molecular flexibility index (Phi) is 6.54.